The molecule has 44 valence electrons. The summed E-state index contributed by atoms with van der Waals surface area (Å²) >= 11 is 6.74. The van der Waals surface area contributed by atoms with Crippen molar-refractivity contribution in [2.45, 2.75) is 0 Å². The molecule has 0 rings (SSSR count). The summed E-state index contributed by atoms with van der Waals surface area (Å²) in [5, 5.41) is 2.33. The molecule has 0 aromatic carbocycles. The number of hydrogen-bond acceptors (Lipinski definition) is 0. The molecule has 0 saturated heterocycles. The topological polar surface area (TPSA) is 0 Å². The Morgan fingerprint density at radius 3 is 1.71 bits per heavy atom. The van der Waals surface area contributed by atoms with Gasteiger partial charge in [0.25, 0.3) is 0 Å². The van der Waals surface area contributed by atoms with E-state index in [4.69, 9.17) is 0 Å². The zero-order valence-corrected chi connectivity index (χ0v) is 8.26. The highest BCUT2D eigenvalue weighted by Gasteiger charge is 1.81. The second-order valence-electron chi connectivity index (χ2n) is 1.13. The maximum atomic E-state index is 3.37. The lowest BCUT2D eigenvalue weighted by Crippen LogP contribution is -1.79. The van der Waals surface area contributed by atoms with E-state index in [1.165, 1.54) is 23.0 Å². The van der Waals surface area contributed by atoms with Gasteiger partial charge in [-0.2, -0.15) is 0 Å². The van der Waals surface area contributed by atoms with Crippen molar-refractivity contribution in [2.75, 3.05) is 23.0 Å². The van der Waals surface area contributed by atoms with Crippen LogP contribution >= 0.6 is 40.4 Å². The summed E-state index contributed by atoms with van der Waals surface area (Å²) in [6.45, 7) is 0. The van der Waals surface area contributed by atoms with Crippen molar-refractivity contribution >= 4 is 40.4 Å². The van der Waals surface area contributed by atoms with Crippen LogP contribution in [0.2, 0.25) is 0 Å². The molecule has 0 heterocycles. The molecule has 0 amide bonds. The first-order valence-electron chi connectivity index (χ1n) is 2.24. The van der Waals surface area contributed by atoms with Crippen molar-refractivity contribution in [1.82, 2.24) is 0 Å². The fourth-order valence-electron chi connectivity index (χ4n) is 0.259. The highest BCUT2D eigenvalue weighted by atomic mass is 79.9. The normalized spacial score (nSPS) is 9.43. The van der Waals surface area contributed by atoms with Crippen LogP contribution in [0.3, 0.4) is 0 Å². The van der Waals surface area contributed by atoms with Crippen molar-refractivity contribution in [3.8, 4) is 0 Å². The molecule has 0 bridgehead atoms. The van der Waals surface area contributed by atoms with Crippen LogP contribution in [-0.4, -0.2) is 23.0 Å². The first kappa shape index (κ1) is 8.39. The Hall–Kier alpha value is 1.39. The van der Waals surface area contributed by atoms with Crippen LogP contribution in [0.15, 0.2) is 0 Å². The maximum absolute atomic E-state index is 3.37. The lowest BCUT2D eigenvalue weighted by atomic mass is 11.0. The van der Waals surface area contributed by atoms with Gasteiger partial charge in [0.15, 0.2) is 0 Å². The van der Waals surface area contributed by atoms with Crippen LogP contribution in [0, 0.1) is 0 Å². The summed E-state index contributed by atoms with van der Waals surface area (Å²) in [6.07, 6.45) is 2.68. The first-order chi connectivity index (χ1) is 3.41. The molecule has 0 saturated carbocycles. The molecular weight excluding hydrogens is 239 g/mol. The lowest BCUT2D eigenvalue weighted by molar-refractivity contribution is 1.50. The molecule has 0 spiro atoms. The number of rotatable bonds is 4. The number of halogens is 2. The van der Waals surface area contributed by atoms with E-state index in [1.807, 2.05) is 0 Å². The maximum Gasteiger partial charge on any atom is 0.00683 e. The van der Waals surface area contributed by atoms with Crippen molar-refractivity contribution in [3.05, 3.63) is 0 Å². The summed E-state index contributed by atoms with van der Waals surface area (Å²) in [5.41, 5.74) is 0. The molecule has 0 aliphatic heterocycles. The summed E-state index contributed by atoms with van der Waals surface area (Å²) < 4.78 is 0. The molecule has 0 aromatic heterocycles. The third-order valence-electron chi connectivity index (χ3n) is 0.543. The molecule has 0 aliphatic carbocycles. The van der Waals surface area contributed by atoms with Crippen molar-refractivity contribution < 1.29 is 0 Å². The fraction of sp³-hybridized carbons (Fsp3) is 1.00. The average molecular weight is 248 g/mol. The Morgan fingerprint density at radius 2 is 1.43 bits per heavy atom. The minimum atomic E-state index is 1.14. The van der Waals surface area contributed by atoms with E-state index >= 15 is 0 Å². The van der Waals surface area contributed by atoms with Gasteiger partial charge in [0.1, 0.15) is 0 Å². The van der Waals surface area contributed by atoms with Gasteiger partial charge in [-0.25, -0.2) is 0 Å². The predicted octanol–water partition coefficient (Wildman–Crippen LogP) is 2.45. The molecule has 7 heavy (non-hydrogen) atoms. The summed E-state index contributed by atoms with van der Waals surface area (Å²) in [4.78, 5) is 0. The van der Waals surface area contributed by atoms with E-state index in [0.29, 0.717) is 0 Å². The van der Waals surface area contributed by atoms with Crippen molar-refractivity contribution in [3.63, 3.8) is 0 Å². The van der Waals surface area contributed by atoms with Crippen LogP contribution in [0.1, 0.15) is 0 Å². The zero-order valence-electron chi connectivity index (χ0n) is 4.08. The van der Waals surface area contributed by atoms with E-state index in [-0.39, 0.29) is 0 Å². The van der Waals surface area contributed by atoms with Gasteiger partial charge in [0.2, 0.25) is 0 Å². The fourth-order valence-corrected chi connectivity index (χ4v) is 2.46. The molecule has 0 atom stereocenters. The minimum absolute atomic E-state index is 1.14. The minimum Gasteiger partial charge on any atom is -0.120 e. The summed E-state index contributed by atoms with van der Waals surface area (Å²) in [6, 6.07) is 0. The SMILES string of the molecule is BrCCPCCBr. The number of alkyl halides is 2. The van der Waals surface area contributed by atoms with Crippen LogP contribution < -0.4 is 0 Å². The second kappa shape index (κ2) is 7.39. The second-order valence-corrected chi connectivity index (χ2v) is 4.21. The Labute approximate surface area is 63.5 Å². The Kier molecular flexibility index (Phi) is 8.86. The van der Waals surface area contributed by atoms with E-state index in [9.17, 15) is 0 Å². The summed E-state index contributed by atoms with van der Waals surface area (Å²) in [7, 11) is 1.14. The quantitative estimate of drug-likeness (QED) is 0.407. The zero-order chi connectivity index (χ0) is 5.54. The molecule has 3 heteroatoms. The Morgan fingerprint density at radius 1 is 1.00 bits per heavy atom. The van der Waals surface area contributed by atoms with Gasteiger partial charge >= 0.3 is 0 Å². The van der Waals surface area contributed by atoms with E-state index in [1.54, 1.807) is 0 Å². The smallest absolute Gasteiger partial charge is 0.00683 e. The van der Waals surface area contributed by atoms with Gasteiger partial charge < -0.3 is 0 Å². The molecule has 0 unspecified atom stereocenters. The predicted molar refractivity (Wildman–Crippen MR) is 45.6 cm³/mol. The molecule has 0 N–H and O–H groups in total. The molecular formula is C4H9Br2P. The van der Waals surface area contributed by atoms with Gasteiger partial charge in [-0.1, -0.05) is 31.9 Å². The van der Waals surface area contributed by atoms with Crippen LogP contribution in [-0.2, 0) is 0 Å². The molecule has 0 nitrogen and oxygen atoms in total. The first-order valence-corrected chi connectivity index (χ1v) is 5.90. The lowest BCUT2D eigenvalue weighted by Gasteiger charge is -1.89. The monoisotopic (exact) mass is 246 g/mol. The van der Waals surface area contributed by atoms with Crippen molar-refractivity contribution in [2.24, 2.45) is 0 Å². The van der Waals surface area contributed by atoms with Gasteiger partial charge in [0.05, 0.1) is 0 Å². The Bertz CT molecular complexity index is 28.9. The van der Waals surface area contributed by atoms with Crippen LogP contribution in [0.25, 0.3) is 0 Å². The van der Waals surface area contributed by atoms with Crippen LogP contribution in [0.4, 0.5) is 0 Å². The third kappa shape index (κ3) is 7.39. The Balaban J connectivity index is 2.45. The number of hydrogen-bond donors (Lipinski definition) is 0. The highest BCUT2D eigenvalue weighted by Crippen LogP contribution is 2.09. The van der Waals surface area contributed by atoms with Gasteiger partial charge in [0, 0.05) is 10.7 Å². The molecule has 0 fully saturated rings. The van der Waals surface area contributed by atoms with E-state index < -0.39 is 0 Å². The van der Waals surface area contributed by atoms with Gasteiger partial charge in [-0.3, -0.25) is 0 Å². The standard InChI is InChI=1S/C4H9Br2P/c5-1-3-7-4-2-6/h7H,1-4H2. The van der Waals surface area contributed by atoms with Crippen LogP contribution in [0.5, 0.6) is 0 Å². The van der Waals surface area contributed by atoms with E-state index in [0.717, 1.165) is 8.58 Å². The highest BCUT2D eigenvalue weighted by molar-refractivity contribution is 9.09. The largest absolute Gasteiger partial charge is 0.120 e. The van der Waals surface area contributed by atoms with E-state index in [2.05, 4.69) is 31.9 Å². The molecule has 0 aromatic rings. The van der Waals surface area contributed by atoms with Gasteiger partial charge in [-0.15, -0.1) is 8.58 Å². The summed E-state index contributed by atoms with van der Waals surface area (Å²) in [5.74, 6) is 0. The molecule has 0 radical (unpaired) electrons. The molecule has 0 aliphatic rings. The third-order valence-corrected chi connectivity index (χ3v) is 4.01. The van der Waals surface area contributed by atoms with Crippen molar-refractivity contribution in [1.29, 1.82) is 0 Å². The van der Waals surface area contributed by atoms with Gasteiger partial charge in [-0.05, 0) is 12.3 Å². The average Bonchev–Trinajstić information content (AvgIpc) is 1.69.